The van der Waals surface area contributed by atoms with E-state index in [1.54, 1.807) is 0 Å². The quantitative estimate of drug-likeness (QED) is 0.704. The molecule has 4 N–H and O–H groups in total. The molecule has 0 aliphatic carbocycles. The van der Waals surface area contributed by atoms with Crippen LogP contribution in [0.4, 0.5) is 11.6 Å². The Morgan fingerprint density at radius 2 is 2.28 bits per heavy atom. The normalized spacial score (nSPS) is 13.7. The Morgan fingerprint density at radius 1 is 1.44 bits per heavy atom. The third kappa shape index (κ3) is 1.67. The van der Waals surface area contributed by atoms with Crippen molar-refractivity contribution < 1.29 is 9.53 Å². The highest BCUT2D eigenvalue weighted by Crippen LogP contribution is 2.33. The summed E-state index contributed by atoms with van der Waals surface area (Å²) in [6, 6.07) is 5.53. The number of rotatable bonds is 1. The molecule has 2 heterocycles. The Kier molecular flexibility index (Phi) is 2.22. The molecule has 0 radical (unpaired) electrons. The summed E-state index contributed by atoms with van der Waals surface area (Å²) in [5.74, 6) is 0.887. The first-order valence-electron chi connectivity index (χ1n) is 5.52. The maximum Gasteiger partial charge on any atom is 0.262 e. The first-order valence-corrected chi connectivity index (χ1v) is 5.52. The number of fused-ring (bicyclic) bond motifs is 1. The highest BCUT2D eigenvalue weighted by Gasteiger charge is 2.17. The fourth-order valence-electron chi connectivity index (χ4n) is 2.00. The summed E-state index contributed by atoms with van der Waals surface area (Å²) in [5.41, 5.74) is 8.81. The molecule has 18 heavy (non-hydrogen) atoms. The van der Waals surface area contributed by atoms with Gasteiger partial charge in [-0.15, -0.1) is 0 Å². The van der Waals surface area contributed by atoms with Crippen LogP contribution in [0, 0.1) is 6.92 Å². The van der Waals surface area contributed by atoms with Crippen LogP contribution in [0.1, 0.15) is 5.69 Å². The minimum Gasteiger partial charge on any atom is -0.482 e. The number of anilines is 2. The van der Waals surface area contributed by atoms with Gasteiger partial charge in [-0.3, -0.25) is 4.79 Å². The van der Waals surface area contributed by atoms with Gasteiger partial charge in [0.1, 0.15) is 5.75 Å². The van der Waals surface area contributed by atoms with Crippen molar-refractivity contribution in [3.8, 4) is 17.0 Å². The maximum absolute atomic E-state index is 11.3. The number of carbonyl (C=O) groups is 1. The predicted octanol–water partition coefficient (Wildman–Crippen LogP) is 1.30. The molecule has 1 aromatic heterocycles. The number of ether oxygens (including phenoxy) is 1. The van der Waals surface area contributed by atoms with Crippen molar-refractivity contribution in [3.05, 3.63) is 23.9 Å². The molecule has 1 aliphatic rings. The second kappa shape index (κ2) is 3.76. The van der Waals surface area contributed by atoms with E-state index in [4.69, 9.17) is 10.5 Å². The van der Waals surface area contributed by atoms with Gasteiger partial charge in [-0.2, -0.15) is 0 Å². The number of H-pyrrole nitrogens is 1. The monoisotopic (exact) mass is 244 g/mol. The number of nitrogens with one attached hydrogen (secondary N) is 2. The van der Waals surface area contributed by atoms with Gasteiger partial charge in [0.05, 0.1) is 11.4 Å². The van der Waals surface area contributed by atoms with Crippen LogP contribution in [-0.4, -0.2) is 22.5 Å². The lowest BCUT2D eigenvalue weighted by molar-refractivity contribution is -0.118. The van der Waals surface area contributed by atoms with Gasteiger partial charge in [-0.1, -0.05) is 0 Å². The van der Waals surface area contributed by atoms with Crippen molar-refractivity contribution in [3.63, 3.8) is 0 Å². The Bertz CT molecular complexity index is 633. The van der Waals surface area contributed by atoms with Crippen molar-refractivity contribution in [1.29, 1.82) is 0 Å². The van der Waals surface area contributed by atoms with Gasteiger partial charge in [-0.05, 0) is 25.1 Å². The highest BCUT2D eigenvalue weighted by atomic mass is 16.5. The number of carbonyl (C=O) groups excluding carboxylic acids is 1. The van der Waals surface area contributed by atoms with E-state index in [1.807, 2.05) is 25.1 Å². The van der Waals surface area contributed by atoms with Crippen molar-refractivity contribution in [2.45, 2.75) is 6.92 Å². The summed E-state index contributed by atoms with van der Waals surface area (Å²) in [6.07, 6.45) is 0. The SMILES string of the molecule is Cc1[nH]c(N)nc1-c1ccc2c(c1)NC(=O)CO2. The Hall–Kier alpha value is -2.50. The van der Waals surface area contributed by atoms with Crippen molar-refractivity contribution in [1.82, 2.24) is 9.97 Å². The number of hydrogen-bond acceptors (Lipinski definition) is 4. The van der Waals surface area contributed by atoms with Gasteiger partial charge in [-0.25, -0.2) is 4.98 Å². The summed E-state index contributed by atoms with van der Waals surface area (Å²) < 4.78 is 5.30. The number of amides is 1. The van der Waals surface area contributed by atoms with Gasteiger partial charge in [0.15, 0.2) is 12.6 Å². The molecule has 1 amide bonds. The number of aromatic amines is 1. The number of nitrogens with two attached hydrogens (primary N) is 1. The number of benzene rings is 1. The van der Waals surface area contributed by atoms with Crippen LogP contribution in [0.15, 0.2) is 18.2 Å². The number of hydrogen-bond donors (Lipinski definition) is 3. The third-order valence-corrected chi connectivity index (χ3v) is 2.79. The molecule has 0 saturated carbocycles. The molecule has 0 fully saturated rings. The Balaban J connectivity index is 2.07. The average molecular weight is 244 g/mol. The van der Waals surface area contributed by atoms with Gasteiger partial charge in [0.2, 0.25) is 0 Å². The minimum atomic E-state index is -0.155. The molecule has 3 rings (SSSR count). The molecule has 0 spiro atoms. The van der Waals surface area contributed by atoms with Crippen molar-refractivity contribution >= 4 is 17.5 Å². The van der Waals surface area contributed by atoms with Gasteiger partial charge in [0.25, 0.3) is 5.91 Å². The second-order valence-electron chi connectivity index (χ2n) is 4.14. The molecular weight excluding hydrogens is 232 g/mol. The summed E-state index contributed by atoms with van der Waals surface area (Å²) in [5, 5.41) is 2.76. The molecular formula is C12H12N4O2. The minimum absolute atomic E-state index is 0.0563. The van der Waals surface area contributed by atoms with Gasteiger partial charge < -0.3 is 20.8 Å². The summed E-state index contributed by atoms with van der Waals surface area (Å²) in [7, 11) is 0. The summed E-state index contributed by atoms with van der Waals surface area (Å²) >= 11 is 0. The zero-order valence-corrected chi connectivity index (χ0v) is 9.78. The molecule has 0 bridgehead atoms. The number of imidazole rings is 1. The first kappa shape index (κ1) is 10.6. The summed E-state index contributed by atoms with van der Waals surface area (Å²) in [4.78, 5) is 18.4. The van der Waals surface area contributed by atoms with E-state index in [2.05, 4.69) is 15.3 Å². The molecule has 1 aromatic carbocycles. The van der Waals surface area contributed by atoms with Crippen molar-refractivity contribution in [2.24, 2.45) is 0 Å². The fourth-order valence-corrected chi connectivity index (χ4v) is 2.00. The lowest BCUT2D eigenvalue weighted by Crippen LogP contribution is -2.25. The topological polar surface area (TPSA) is 93.0 Å². The standard InChI is InChI=1S/C12H12N4O2/c1-6-11(16-12(13)14-6)7-2-3-9-8(4-7)15-10(17)5-18-9/h2-4H,5H2,1H3,(H,15,17)(H3,13,14,16). The van der Waals surface area contributed by atoms with E-state index in [0.29, 0.717) is 17.4 Å². The van der Waals surface area contributed by atoms with E-state index in [9.17, 15) is 4.79 Å². The molecule has 6 heteroatoms. The fraction of sp³-hybridized carbons (Fsp3) is 0.167. The van der Waals surface area contributed by atoms with Crippen LogP contribution in [0.25, 0.3) is 11.3 Å². The molecule has 2 aromatic rings. The molecule has 92 valence electrons. The van der Waals surface area contributed by atoms with Crippen LogP contribution in [0.2, 0.25) is 0 Å². The zero-order chi connectivity index (χ0) is 12.7. The Labute approximate surface area is 103 Å². The molecule has 1 aliphatic heterocycles. The predicted molar refractivity (Wildman–Crippen MR) is 67.3 cm³/mol. The van der Waals surface area contributed by atoms with Crippen LogP contribution in [0.5, 0.6) is 5.75 Å². The van der Waals surface area contributed by atoms with Crippen LogP contribution < -0.4 is 15.8 Å². The lowest BCUT2D eigenvalue weighted by Gasteiger charge is -2.18. The molecule has 6 nitrogen and oxygen atoms in total. The maximum atomic E-state index is 11.3. The highest BCUT2D eigenvalue weighted by molar-refractivity contribution is 5.96. The molecule has 0 unspecified atom stereocenters. The largest absolute Gasteiger partial charge is 0.482 e. The van der Waals surface area contributed by atoms with Gasteiger partial charge in [0, 0.05) is 11.3 Å². The van der Waals surface area contributed by atoms with Crippen molar-refractivity contribution in [2.75, 3.05) is 17.7 Å². The van der Waals surface area contributed by atoms with E-state index in [-0.39, 0.29) is 12.5 Å². The lowest BCUT2D eigenvalue weighted by atomic mass is 10.1. The molecule has 0 saturated heterocycles. The number of nitrogen functional groups attached to an aromatic ring is 1. The Morgan fingerprint density at radius 3 is 3.00 bits per heavy atom. The average Bonchev–Trinajstić information content (AvgIpc) is 2.67. The number of aromatic nitrogens is 2. The molecule has 0 atom stereocenters. The first-order chi connectivity index (χ1) is 8.63. The van der Waals surface area contributed by atoms with Gasteiger partial charge >= 0.3 is 0 Å². The zero-order valence-electron chi connectivity index (χ0n) is 9.78. The van der Waals surface area contributed by atoms with Crippen LogP contribution in [-0.2, 0) is 4.79 Å². The van der Waals surface area contributed by atoms with E-state index in [1.165, 1.54) is 0 Å². The van der Waals surface area contributed by atoms with Crippen LogP contribution in [0.3, 0.4) is 0 Å². The summed E-state index contributed by atoms with van der Waals surface area (Å²) in [6.45, 7) is 1.95. The van der Waals surface area contributed by atoms with E-state index < -0.39 is 0 Å². The third-order valence-electron chi connectivity index (χ3n) is 2.79. The second-order valence-corrected chi connectivity index (χ2v) is 4.14. The number of aryl methyl sites for hydroxylation is 1. The van der Waals surface area contributed by atoms with Crippen LogP contribution >= 0.6 is 0 Å². The number of nitrogens with zero attached hydrogens (tertiary/aromatic N) is 1. The van der Waals surface area contributed by atoms with E-state index in [0.717, 1.165) is 17.0 Å². The van der Waals surface area contributed by atoms with E-state index >= 15 is 0 Å². The smallest absolute Gasteiger partial charge is 0.262 e.